The molecule has 0 fully saturated rings. The van der Waals surface area contributed by atoms with Gasteiger partial charge >= 0.3 is 0 Å². The summed E-state index contributed by atoms with van der Waals surface area (Å²) in [6.45, 7) is 5.14. The number of amides is 1. The van der Waals surface area contributed by atoms with Gasteiger partial charge in [0.25, 0.3) is 5.91 Å². The predicted molar refractivity (Wildman–Crippen MR) is 118 cm³/mol. The Labute approximate surface area is 179 Å². The molecule has 0 aliphatic heterocycles. The summed E-state index contributed by atoms with van der Waals surface area (Å²) in [4.78, 5) is 18.2. The van der Waals surface area contributed by atoms with E-state index in [1.165, 1.54) is 0 Å². The number of hydrogen-bond donors (Lipinski definition) is 1. The van der Waals surface area contributed by atoms with E-state index in [2.05, 4.69) is 40.4 Å². The second-order valence-electron chi connectivity index (χ2n) is 7.31. The van der Waals surface area contributed by atoms with Crippen LogP contribution >= 0.6 is 11.3 Å². The van der Waals surface area contributed by atoms with E-state index >= 15 is 0 Å². The highest BCUT2D eigenvalue weighted by atomic mass is 32.1. The highest BCUT2D eigenvalue weighted by molar-refractivity contribution is 7.13. The summed E-state index contributed by atoms with van der Waals surface area (Å²) < 4.78 is 3.56. The van der Waals surface area contributed by atoms with Crippen LogP contribution in [0.25, 0.3) is 21.8 Å². The average molecular weight is 421 g/mol. The van der Waals surface area contributed by atoms with Crippen molar-refractivity contribution in [3.63, 3.8) is 0 Å². The van der Waals surface area contributed by atoms with Crippen molar-refractivity contribution in [1.82, 2.24) is 29.9 Å². The molecular weight excluding hydrogens is 396 g/mol. The van der Waals surface area contributed by atoms with Crippen LogP contribution in [-0.4, -0.2) is 37.0 Å². The number of nitrogens with zero attached hydrogens (tertiary/aromatic N) is 5. The first-order valence-electron chi connectivity index (χ1n) is 9.88. The minimum absolute atomic E-state index is 0.133. The number of pyridine rings is 1. The summed E-state index contributed by atoms with van der Waals surface area (Å²) in [7, 11) is 1.79. The van der Waals surface area contributed by atoms with E-state index in [9.17, 15) is 4.79 Å². The molecule has 0 aliphatic rings. The lowest BCUT2D eigenvalue weighted by Crippen LogP contribution is -2.29. The highest BCUT2D eigenvalue weighted by Crippen LogP contribution is 2.33. The number of nitrogens with one attached hydrogen (secondary N) is 1. The SMILES string of the molecule is CC(C)c1cc(C(=O)NCCn2ncc(-c3ccccn3)c2-c2cccs2)n(C)n1. The fraction of sp³-hybridized carbons (Fsp3) is 0.273. The monoisotopic (exact) mass is 420 g/mol. The zero-order chi connectivity index (χ0) is 21.1. The largest absolute Gasteiger partial charge is 0.349 e. The van der Waals surface area contributed by atoms with Gasteiger partial charge in [-0.15, -0.1) is 11.3 Å². The van der Waals surface area contributed by atoms with E-state index in [-0.39, 0.29) is 11.8 Å². The first-order valence-corrected chi connectivity index (χ1v) is 10.8. The van der Waals surface area contributed by atoms with Crippen LogP contribution in [0.5, 0.6) is 0 Å². The molecule has 0 bridgehead atoms. The Bertz CT molecular complexity index is 1130. The van der Waals surface area contributed by atoms with Crippen LogP contribution in [0.2, 0.25) is 0 Å². The van der Waals surface area contributed by atoms with Gasteiger partial charge in [-0.25, -0.2) is 0 Å². The molecule has 4 aromatic heterocycles. The molecule has 0 saturated heterocycles. The van der Waals surface area contributed by atoms with E-state index in [1.807, 2.05) is 46.6 Å². The fourth-order valence-corrected chi connectivity index (χ4v) is 4.08. The molecule has 4 heterocycles. The van der Waals surface area contributed by atoms with Gasteiger partial charge in [0.1, 0.15) is 5.69 Å². The zero-order valence-electron chi connectivity index (χ0n) is 17.2. The van der Waals surface area contributed by atoms with Crippen molar-refractivity contribution in [2.45, 2.75) is 26.3 Å². The van der Waals surface area contributed by atoms with Gasteiger partial charge in [0, 0.05) is 25.4 Å². The van der Waals surface area contributed by atoms with Crippen molar-refractivity contribution < 1.29 is 4.79 Å². The number of carbonyl (C=O) groups is 1. The Morgan fingerprint density at radius 2 is 2.10 bits per heavy atom. The Morgan fingerprint density at radius 1 is 1.23 bits per heavy atom. The molecule has 0 saturated carbocycles. The van der Waals surface area contributed by atoms with E-state index in [1.54, 1.807) is 29.3 Å². The van der Waals surface area contributed by atoms with Gasteiger partial charge in [0.2, 0.25) is 0 Å². The lowest BCUT2D eigenvalue weighted by atomic mass is 10.1. The molecule has 4 aromatic rings. The Balaban J connectivity index is 1.52. The number of aromatic nitrogens is 5. The summed E-state index contributed by atoms with van der Waals surface area (Å²) in [6.07, 6.45) is 3.62. The third-order valence-electron chi connectivity index (χ3n) is 4.87. The van der Waals surface area contributed by atoms with Crippen molar-refractivity contribution >= 4 is 17.2 Å². The molecule has 7 nitrogen and oxygen atoms in total. The van der Waals surface area contributed by atoms with Crippen LogP contribution in [-0.2, 0) is 13.6 Å². The fourth-order valence-electron chi connectivity index (χ4n) is 3.29. The molecule has 0 aromatic carbocycles. The molecule has 0 radical (unpaired) electrons. The molecule has 154 valence electrons. The first kappa shape index (κ1) is 20.0. The molecule has 1 N–H and O–H groups in total. The van der Waals surface area contributed by atoms with Gasteiger partial charge in [-0.3, -0.25) is 19.1 Å². The number of thiophene rings is 1. The second-order valence-corrected chi connectivity index (χ2v) is 8.26. The molecule has 30 heavy (non-hydrogen) atoms. The van der Waals surface area contributed by atoms with Crippen molar-refractivity contribution in [2.24, 2.45) is 7.05 Å². The maximum Gasteiger partial charge on any atom is 0.269 e. The average Bonchev–Trinajstić information content (AvgIpc) is 3.47. The minimum Gasteiger partial charge on any atom is -0.349 e. The Hall–Kier alpha value is -3.26. The first-order chi connectivity index (χ1) is 14.5. The van der Waals surface area contributed by atoms with Gasteiger partial charge in [-0.05, 0) is 35.6 Å². The van der Waals surface area contributed by atoms with Crippen molar-refractivity contribution in [3.05, 3.63) is 65.6 Å². The van der Waals surface area contributed by atoms with E-state index in [0.29, 0.717) is 18.8 Å². The maximum atomic E-state index is 12.6. The summed E-state index contributed by atoms with van der Waals surface area (Å²) in [5, 5.41) is 14.0. The summed E-state index contributed by atoms with van der Waals surface area (Å²) in [6, 6.07) is 11.8. The van der Waals surface area contributed by atoms with Crippen LogP contribution < -0.4 is 5.32 Å². The molecule has 4 rings (SSSR count). The molecular formula is C22H24N6OS. The van der Waals surface area contributed by atoms with Crippen molar-refractivity contribution in [1.29, 1.82) is 0 Å². The quantitative estimate of drug-likeness (QED) is 0.491. The third-order valence-corrected chi connectivity index (χ3v) is 5.74. The van der Waals surface area contributed by atoms with Crippen molar-refractivity contribution in [2.75, 3.05) is 6.54 Å². The van der Waals surface area contributed by atoms with Crippen molar-refractivity contribution in [3.8, 4) is 21.8 Å². The van der Waals surface area contributed by atoms with Gasteiger partial charge < -0.3 is 5.32 Å². The highest BCUT2D eigenvalue weighted by Gasteiger charge is 2.18. The van der Waals surface area contributed by atoms with Gasteiger partial charge in [-0.1, -0.05) is 26.0 Å². The van der Waals surface area contributed by atoms with E-state index in [4.69, 9.17) is 0 Å². The van der Waals surface area contributed by atoms with Crippen LogP contribution in [0.1, 0.15) is 35.9 Å². The van der Waals surface area contributed by atoms with Crippen LogP contribution in [0.4, 0.5) is 0 Å². The molecule has 0 atom stereocenters. The summed E-state index contributed by atoms with van der Waals surface area (Å²) in [5.41, 5.74) is 4.35. The topological polar surface area (TPSA) is 77.6 Å². The third kappa shape index (κ3) is 4.04. The Kier molecular flexibility index (Phi) is 5.76. The minimum atomic E-state index is -0.133. The van der Waals surface area contributed by atoms with E-state index < -0.39 is 0 Å². The standard InChI is InChI=1S/C22H24N6OS/c1-15(2)18-13-19(27(3)26-18)22(29)24-10-11-28-21(20-8-6-12-30-20)16(14-25-28)17-7-4-5-9-23-17/h4-9,12-15H,10-11H2,1-3H3,(H,24,29). The number of hydrogen-bond acceptors (Lipinski definition) is 5. The molecule has 0 spiro atoms. The van der Waals surface area contributed by atoms with Gasteiger partial charge in [-0.2, -0.15) is 10.2 Å². The number of aryl methyl sites for hydroxylation is 1. The summed E-state index contributed by atoms with van der Waals surface area (Å²) >= 11 is 1.66. The van der Waals surface area contributed by atoms with E-state index in [0.717, 1.165) is 27.5 Å². The maximum absolute atomic E-state index is 12.6. The molecule has 8 heteroatoms. The van der Waals surface area contributed by atoms with Crippen LogP contribution in [0.3, 0.4) is 0 Å². The zero-order valence-corrected chi connectivity index (χ0v) is 18.1. The predicted octanol–water partition coefficient (Wildman–Crippen LogP) is 3.96. The van der Waals surface area contributed by atoms with Gasteiger partial charge in [0.15, 0.2) is 0 Å². The smallest absolute Gasteiger partial charge is 0.269 e. The number of rotatable bonds is 7. The lowest BCUT2D eigenvalue weighted by Gasteiger charge is -2.10. The van der Waals surface area contributed by atoms with Gasteiger partial charge in [0.05, 0.1) is 34.7 Å². The molecule has 0 aliphatic carbocycles. The summed E-state index contributed by atoms with van der Waals surface area (Å²) in [5.74, 6) is 0.145. The molecule has 1 amide bonds. The van der Waals surface area contributed by atoms with Crippen LogP contribution in [0.15, 0.2) is 54.2 Å². The number of carbonyl (C=O) groups excluding carboxylic acids is 1. The van der Waals surface area contributed by atoms with Crippen LogP contribution in [0, 0.1) is 0 Å². The normalized spacial score (nSPS) is 11.2. The Morgan fingerprint density at radius 3 is 2.77 bits per heavy atom. The second kappa shape index (κ2) is 8.62. The lowest BCUT2D eigenvalue weighted by molar-refractivity contribution is 0.0942. The molecule has 0 unspecified atom stereocenters.